The van der Waals surface area contributed by atoms with Gasteiger partial charge >= 0.3 is 0 Å². The largest absolute Gasteiger partial charge is 0.305 e. The number of hydrogen-bond donors (Lipinski definition) is 1. The van der Waals surface area contributed by atoms with Crippen molar-refractivity contribution in [2.75, 3.05) is 12.3 Å². The van der Waals surface area contributed by atoms with E-state index in [2.05, 4.69) is 54.3 Å². The molecule has 0 aromatic heterocycles. The lowest BCUT2D eigenvalue weighted by molar-refractivity contribution is 0.519. The van der Waals surface area contributed by atoms with Crippen molar-refractivity contribution in [1.29, 1.82) is 0 Å². The predicted molar refractivity (Wildman–Crippen MR) is 63.6 cm³/mol. The van der Waals surface area contributed by atoms with Crippen molar-refractivity contribution in [1.82, 2.24) is 5.32 Å². The highest BCUT2D eigenvalue weighted by atomic mass is 32.2. The molecule has 1 aromatic carbocycles. The Kier molecular flexibility index (Phi) is 3.49. The van der Waals surface area contributed by atoms with Gasteiger partial charge in [0, 0.05) is 0 Å². The maximum absolute atomic E-state index is 3.58. The van der Waals surface area contributed by atoms with E-state index in [1.54, 1.807) is 0 Å². The van der Waals surface area contributed by atoms with Crippen LogP contribution in [0.5, 0.6) is 0 Å². The van der Waals surface area contributed by atoms with Gasteiger partial charge in [0.1, 0.15) is 0 Å². The minimum atomic E-state index is 0.619. The highest BCUT2D eigenvalue weighted by Gasteiger charge is 2.17. The van der Waals surface area contributed by atoms with Crippen LogP contribution in [0.1, 0.15) is 12.5 Å². The SMILES string of the molecule is CC1CNC(Cc2ccccc2)SC1. The van der Waals surface area contributed by atoms with Gasteiger partial charge in [0.05, 0.1) is 5.37 Å². The molecule has 2 rings (SSSR count). The van der Waals surface area contributed by atoms with Gasteiger partial charge in [-0.2, -0.15) is 0 Å². The second-order valence-corrected chi connectivity index (χ2v) is 5.26. The Bertz CT molecular complexity index is 265. The Labute approximate surface area is 90.3 Å². The third kappa shape index (κ3) is 2.76. The summed E-state index contributed by atoms with van der Waals surface area (Å²) in [6.45, 7) is 3.48. The van der Waals surface area contributed by atoms with Gasteiger partial charge in [0.15, 0.2) is 0 Å². The van der Waals surface area contributed by atoms with Crippen LogP contribution in [0.15, 0.2) is 30.3 Å². The minimum absolute atomic E-state index is 0.619. The molecule has 1 aliphatic heterocycles. The highest BCUT2D eigenvalue weighted by molar-refractivity contribution is 7.99. The molecule has 0 bridgehead atoms. The van der Waals surface area contributed by atoms with Crippen molar-refractivity contribution in [2.24, 2.45) is 5.92 Å². The molecule has 2 heteroatoms. The van der Waals surface area contributed by atoms with Gasteiger partial charge in [0.2, 0.25) is 0 Å². The maximum Gasteiger partial charge on any atom is 0.0573 e. The lowest BCUT2D eigenvalue weighted by atomic mass is 10.1. The summed E-state index contributed by atoms with van der Waals surface area (Å²) in [7, 11) is 0. The molecule has 0 amide bonds. The fourth-order valence-corrected chi connectivity index (χ4v) is 2.89. The summed E-state index contributed by atoms with van der Waals surface area (Å²) in [5.41, 5.74) is 1.44. The van der Waals surface area contributed by atoms with Crippen LogP contribution in [0.4, 0.5) is 0 Å². The number of benzene rings is 1. The molecule has 76 valence electrons. The van der Waals surface area contributed by atoms with Gasteiger partial charge in [-0.25, -0.2) is 0 Å². The van der Waals surface area contributed by atoms with Crippen molar-refractivity contribution >= 4 is 11.8 Å². The first-order valence-electron chi connectivity index (χ1n) is 5.23. The zero-order valence-electron chi connectivity index (χ0n) is 8.57. The second-order valence-electron chi connectivity index (χ2n) is 4.03. The summed E-state index contributed by atoms with van der Waals surface area (Å²) in [5, 5.41) is 4.20. The van der Waals surface area contributed by atoms with E-state index in [0.29, 0.717) is 5.37 Å². The molecule has 0 aliphatic carbocycles. The first-order chi connectivity index (χ1) is 6.84. The normalized spacial score (nSPS) is 27.5. The fraction of sp³-hybridized carbons (Fsp3) is 0.500. The summed E-state index contributed by atoms with van der Waals surface area (Å²) >= 11 is 2.06. The quantitative estimate of drug-likeness (QED) is 0.800. The molecule has 0 spiro atoms. The molecule has 14 heavy (non-hydrogen) atoms. The number of thioether (sulfide) groups is 1. The summed E-state index contributed by atoms with van der Waals surface area (Å²) in [6.07, 6.45) is 1.15. The zero-order valence-corrected chi connectivity index (χ0v) is 9.39. The summed E-state index contributed by atoms with van der Waals surface area (Å²) in [5.74, 6) is 2.12. The molecule has 1 heterocycles. The van der Waals surface area contributed by atoms with Crippen molar-refractivity contribution in [3.8, 4) is 0 Å². The average molecular weight is 207 g/mol. The van der Waals surface area contributed by atoms with Crippen LogP contribution >= 0.6 is 11.8 Å². The zero-order chi connectivity index (χ0) is 9.80. The maximum atomic E-state index is 3.58. The topological polar surface area (TPSA) is 12.0 Å². The highest BCUT2D eigenvalue weighted by Crippen LogP contribution is 2.21. The van der Waals surface area contributed by atoms with Crippen molar-refractivity contribution in [3.63, 3.8) is 0 Å². The van der Waals surface area contributed by atoms with Gasteiger partial charge in [-0.05, 0) is 30.2 Å². The molecule has 1 fully saturated rings. The Balaban J connectivity index is 1.87. The summed E-state index contributed by atoms with van der Waals surface area (Å²) in [6, 6.07) is 10.7. The van der Waals surface area contributed by atoms with Gasteiger partial charge in [-0.3, -0.25) is 0 Å². The third-order valence-corrected chi connectivity index (χ3v) is 4.04. The molecular formula is C12H17NS. The van der Waals surface area contributed by atoms with Gasteiger partial charge in [-0.1, -0.05) is 37.3 Å². The third-order valence-electron chi connectivity index (χ3n) is 2.54. The Morgan fingerprint density at radius 3 is 2.79 bits per heavy atom. The Hall–Kier alpha value is -0.470. The van der Waals surface area contributed by atoms with E-state index in [9.17, 15) is 0 Å². The van der Waals surface area contributed by atoms with Crippen LogP contribution in [0, 0.1) is 5.92 Å². The molecule has 0 radical (unpaired) electrons. The molecule has 0 saturated carbocycles. The molecule has 1 aliphatic rings. The van der Waals surface area contributed by atoms with Gasteiger partial charge in [-0.15, -0.1) is 11.8 Å². The molecule has 2 unspecified atom stereocenters. The van der Waals surface area contributed by atoms with Crippen molar-refractivity contribution in [2.45, 2.75) is 18.7 Å². The minimum Gasteiger partial charge on any atom is -0.305 e. The van der Waals surface area contributed by atoms with E-state index < -0.39 is 0 Å². The van der Waals surface area contributed by atoms with E-state index in [-0.39, 0.29) is 0 Å². The second kappa shape index (κ2) is 4.85. The number of nitrogens with one attached hydrogen (secondary N) is 1. The predicted octanol–water partition coefficient (Wildman–Crippen LogP) is 2.53. The summed E-state index contributed by atoms with van der Waals surface area (Å²) < 4.78 is 0. The first-order valence-corrected chi connectivity index (χ1v) is 6.28. The van der Waals surface area contributed by atoms with E-state index >= 15 is 0 Å². The number of hydrogen-bond acceptors (Lipinski definition) is 2. The molecular weight excluding hydrogens is 190 g/mol. The lowest BCUT2D eigenvalue weighted by Crippen LogP contribution is -2.37. The summed E-state index contributed by atoms with van der Waals surface area (Å²) in [4.78, 5) is 0. The lowest BCUT2D eigenvalue weighted by Gasteiger charge is -2.27. The number of rotatable bonds is 2. The van der Waals surface area contributed by atoms with Crippen LogP contribution in [-0.2, 0) is 6.42 Å². The van der Waals surface area contributed by atoms with Crippen molar-refractivity contribution in [3.05, 3.63) is 35.9 Å². The van der Waals surface area contributed by atoms with Gasteiger partial charge < -0.3 is 5.32 Å². The smallest absolute Gasteiger partial charge is 0.0573 e. The van der Waals surface area contributed by atoms with Gasteiger partial charge in [0.25, 0.3) is 0 Å². The van der Waals surface area contributed by atoms with Crippen LogP contribution in [-0.4, -0.2) is 17.7 Å². The Morgan fingerprint density at radius 2 is 2.14 bits per heavy atom. The van der Waals surface area contributed by atoms with Crippen LogP contribution < -0.4 is 5.32 Å². The molecule has 1 saturated heterocycles. The van der Waals surface area contributed by atoms with Crippen LogP contribution in [0.25, 0.3) is 0 Å². The van der Waals surface area contributed by atoms with E-state index in [0.717, 1.165) is 12.3 Å². The average Bonchev–Trinajstić information content (AvgIpc) is 2.23. The molecule has 1 nitrogen and oxygen atoms in total. The first kappa shape index (κ1) is 10.1. The monoisotopic (exact) mass is 207 g/mol. The molecule has 1 N–H and O–H groups in total. The Morgan fingerprint density at radius 1 is 1.36 bits per heavy atom. The standard InChI is InChI=1S/C12H17NS/c1-10-8-13-12(14-9-10)7-11-5-3-2-4-6-11/h2-6,10,12-13H,7-9H2,1H3. The van der Waals surface area contributed by atoms with E-state index in [1.165, 1.54) is 17.9 Å². The molecule has 1 aromatic rings. The van der Waals surface area contributed by atoms with Crippen LogP contribution in [0.3, 0.4) is 0 Å². The van der Waals surface area contributed by atoms with Crippen LogP contribution in [0.2, 0.25) is 0 Å². The molecule has 2 atom stereocenters. The van der Waals surface area contributed by atoms with Crippen molar-refractivity contribution < 1.29 is 0 Å². The van der Waals surface area contributed by atoms with E-state index in [1.807, 2.05) is 0 Å². The fourth-order valence-electron chi connectivity index (χ4n) is 1.69. The van der Waals surface area contributed by atoms with E-state index in [4.69, 9.17) is 0 Å².